The predicted molar refractivity (Wildman–Crippen MR) is 84.9 cm³/mol. The Morgan fingerprint density at radius 3 is 2.29 bits per heavy atom. The number of anilines is 1. The van der Waals surface area contributed by atoms with Crippen molar-refractivity contribution in [1.82, 2.24) is 19.7 Å². The predicted octanol–water partition coefficient (Wildman–Crippen LogP) is 2.91. The topological polar surface area (TPSA) is 69.6 Å². The quantitative estimate of drug-likeness (QED) is 0.744. The van der Waals surface area contributed by atoms with Gasteiger partial charge in [-0.2, -0.15) is 5.10 Å². The number of rotatable bonds is 1. The number of nitrogens with two attached hydrogens (primary N) is 1. The standard InChI is InChI=1S/C16H19N5/c1-16(2,3)14-10(9-21(4)20-14)13-15(17)19-12-8-6-5-7-11(12)18-13/h5-9H,1-4H3,(H2,17,19). The Labute approximate surface area is 123 Å². The molecular formula is C16H19N5. The van der Waals surface area contributed by atoms with Gasteiger partial charge in [0.25, 0.3) is 0 Å². The lowest BCUT2D eigenvalue weighted by Crippen LogP contribution is -2.14. The fourth-order valence-electron chi connectivity index (χ4n) is 2.43. The summed E-state index contributed by atoms with van der Waals surface area (Å²) in [5.74, 6) is 0.437. The van der Waals surface area contributed by atoms with E-state index >= 15 is 0 Å². The van der Waals surface area contributed by atoms with Crippen molar-refractivity contribution in [2.24, 2.45) is 7.05 Å². The lowest BCUT2D eigenvalue weighted by atomic mass is 9.88. The van der Waals surface area contributed by atoms with E-state index in [4.69, 9.17) is 10.7 Å². The highest BCUT2D eigenvalue weighted by molar-refractivity contribution is 5.83. The van der Waals surface area contributed by atoms with Gasteiger partial charge in [-0.1, -0.05) is 32.9 Å². The minimum Gasteiger partial charge on any atom is -0.382 e. The highest BCUT2D eigenvalue weighted by Crippen LogP contribution is 2.33. The number of nitrogens with zero attached hydrogens (tertiary/aromatic N) is 4. The number of fused-ring (bicyclic) bond motifs is 1. The van der Waals surface area contributed by atoms with Crippen LogP contribution in [0.3, 0.4) is 0 Å². The van der Waals surface area contributed by atoms with Crippen LogP contribution < -0.4 is 5.73 Å². The summed E-state index contributed by atoms with van der Waals surface area (Å²) in [6.45, 7) is 6.39. The summed E-state index contributed by atoms with van der Waals surface area (Å²) < 4.78 is 1.80. The van der Waals surface area contributed by atoms with E-state index < -0.39 is 0 Å². The average molecular weight is 281 g/mol. The molecule has 0 saturated carbocycles. The third-order valence-electron chi connectivity index (χ3n) is 3.39. The summed E-state index contributed by atoms with van der Waals surface area (Å²) in [5.41, 5.74) is 10.3. The molecule has 0 saturated heterocycles. The summed E-state index contributed by atoms with van der Waals surface area (Å²) in [4.78, 5) is 9.15. The molecule has 0 unspecified atom stereocenters. The van der Waals surface area contributed by atoms with Crippen molar-refractivity contribution < 1.29 is 0 Å². The van der Waals surface area contributed by atoms with Gasteiger partial charge in [-0.25, -0.2) is 9.97 Å². The van der Waals surface area contributed by atoms with Crippen LogP contribution in [-0.2, 0) is 12.5 Å². The summed E-state index contributed by atoms with van der Waals surface area (Å²) in [7, 11) is 1.91. The molecule has 0 fully saturated rings. The number of para-hydroxylation sites is 2. The van der Waals surface area contributed by atoms with Crippen LogP contribution in [-0.4, -0.2) is 19.7 Å². The molecule has 3 rings (SSSR count). The average Bonchev–Trinajstić information content (AvgIpc) is 2.80. The van der Waals surface area contributed by atoms with Crippen LogP contribution in [0.15, 0.2) is 30.5 Å². The van der Waals surface area contributed by atoms with E-state index in [9.17, 15) is 0 Å². The normalized spacial score (nSPS) is 12.0. The number of aromatic nitrogens is 4. The molecule has 1 aromatic carbocycles. The fraction of sp³-hybridized carbons (Fsp3) is 0.312. The smallest absolute Gasteiger partial charge is 0.150 e. The Kier molecular flexibility index (Phi) is 2.93. The van der Waals surface area contributed by atoms with Gasteiger partial charge >= 0.3 is 0 Å². The number of aryl methyl sites for hydroxylation is 1. The summed E-state index contributed by atoms with van der Waals surface area (Å²) in [6, 6.07) is 7.74. The molecule has 3 aromatic rings. The molecule has 5 nitrogen and oxygen atoms in total. The van der Waals surface area contributed by atoms with Gasteiger partial charge in [0.15, 0.2) is 5.82 Å². The second kappa shape index (κ2) is 4.55. The molecule has 0 aliphatic carbocycles. The molecule has 2 heterocycles. The third-order valence-corrected chi connectivity index (χ3v) is 3.39. The molecule has 0 atom stereocenters. The SMILES string of the molecule is Cn1cc(-c2nc3ccccc3nc2N)c(C(C)(C)C)n1. The molecule has 0 radical (unpaired) electrons. The van der Waals surface area contributed by atoms with Crippen molar-refractivity contribution in [2.45, 2.75) is 26.2 Å². The Morgan fingerprint density at radius 2 is 1.67 bits per heavy atom. The van der Waals surface area contributed by atoms with Gasteiger partial charge in [-0.15, -0.1) is 0 Å². The van der Waals surface area contributed by atoms with Gasteiger partial charge in [0.05, 0.1) is 16.7 Å². The molecule has 2 aromatic heterocycles. The Balaban J connectivity index is 2.28. The molecular weight excluding hydrogens is 262 g/mol. The maximum absolute atomic E-state index is 6.13. The van der Waals surface area contributed by atoms with Gasteiger partial charge in [-0.05, 0) is 12.1 Å². The third kappa shape index (κ3) is 2.35. The molecule has 0 bridgehead atoms. The molecule has 0 amide bonds. The summed E-state index contributed by atoms with van der Waals surface area (Å²) in [5, 5.41) is 4.57. The molecule has 0 spiro atoms. The first-order valence-corrected chi connectivity index (χ1v) is 6.93. The maximum atomic E-state index is 6.13. The molecule has 5 heteroatoms. The first kappa shape index (κ1) is 13.5. The van der Waals surface area contributed by atoms with E-state index in [1.807, 2.05) is 37.5 Å². The van der Waals surface area contributed by atoms with Crippen LogP contribution in [0, 0.1) is 0 Å². The second-order valence-electron chi connectivity index (χ2n) is 6.26. The highest BCUT2D eigenvalue weighted by Gasteiger charge is 2.25. The zero-order valence-corrected chi connectivity index (χ0v) is 12.8. The van der Waals surface area contributed by atoms with E-state index in [0.29, 0.717) is 11.5 Å². The lowest BCUT2D eigenvalue weighted by Gasteiger charge is -2.17. The van der Waals surface area contributed by atoms with Crippen molar-refractivity contribution in [3.63, 3.8) is 0 Å². The van der Waals surface area contributed by atoms with E-state index in [1.54, 1.807) is 4.68 Å². The Hall–Kier alpha value is -2.43. The summed E-state index contributed by atoms with van der Waals surface area (Å²) >= 11 is 0. The largest absolute Gasteiger partial charge is 0.382 e. The van der Waals surface area contributed by atoms with Crippen LogP contribution in [0.1, 0.15) is 26.5 Å². The first-order chi connectivity index (χ1) is 9.86. The van der Waals surface area contributed by atoms with Crippen LogP contribution in [0.5, 0.6) is 0 Å². The van der Waals surface area contributed by atoms with E-state index in [1.165, 1.54) is 0 Å². The van der Waals surface area contributed by atoms with E-state index in [0.717, 1.165) is 22.3 Å². The zero-order chi connectivity index (χ0) is 15.2. The summed E-state index contributed by atoms with van der Waals surface area (Å²) in [6.07, 6.45) is 1.95. The van der Waals surface area contributed by atoms with Crippen LogP contribution >= 0.6 is 0 Å². The van der Waals surface area contributed by atoms with Crippen LogP contribution in [0.4, 0.5) is 5.82 Å². The van der Waals surface area contributed by atoms with Crippen molar-refractivity contribution in [1.29, 1.82) is 0 Å². The van der Waals surface area contributed by atoms with Gasteiger partial charge in [-0.3, -0.25) is 4.68 Å². The van der Waals surface area contributed by atoms with Crippen molar-refractivity contribution >= 4 is 16.9 Å². The highest BCUT2D eigenvalue weighted by atomic mass is 15.3. The van der Waals surface area contributed by atoms with Crippen LogP contribution in [0.25, 0.3) is 22.3 Å². The van der Waals surface area contributed by atoms with E-state index in [2.05, 4.69) is 30.9 Å². The van der Waals surface area contributed by atoms with Crippen molar-refractivity contribution in [3.05, 3.63) is 36.2 Å². The van der Waals surface area contributed by atoms with Crippen molar-refractivity contribution in [3.8, 4) is 11.3 Å². The fourth-order valence-corrected chi connectivity index (χ4v) is 2.43. The Morgan fingerprint density at radius 1 is 1.05 bits per heavy atom. The molecule has 0 aliphatic heterocycles. The van der Waals surface area contributed by atoms with Gasteiger partial charge in [0, 0.05) is 24.2 Å². The maximum Gasteiger partial charge on any atom is 0.150 e. The second-order valence-corrected chi connectivity index (χ2v) is 6.26. The van der Waals surface area contributed by atoms with Crippen LogP contribution in [0.2, 0.25) is 0 Å². The van der Waals surface area contributed by atoms with Gasteiger partial charge < -0.3 is 5.73 Å². The molecule has 2 N–H and O–H groups in total. The molecule has 0 aliphatic rings. The monoisotopic (exact) mass is 281 g/mol. The minimum atomic E-state index is -0.0869. The number of nitrogen functional groups attached to an aromatic ring is 1. The molecule has 108 valence electrons. The first-order valence-electron chi connectivity index (χ1n) is 6.93. The van der Waals surface area contributed by atoms with Crippen molar-refractivity contribution in [2.75, 3.05) is 5.73 Å². The Bertz CT molecular complexity index is 811. The van der Waals surface area contributed by atoms with Gasteiger partial charge in [0.2, 0.25) is 0 Å². The minimum absolute atomic E-state index is 0.0869. The van der Waals surface area contributed by atoms with Gasteiger partial charge in [0.1, 0.15) is 5.69 Å². The number of hydrogen-bond acceptors (Lipinski definition) is 4. The number of benzene rings is 1. The zero-order valence-electron chi connectivity index (χ0n) is 12.8. The van der Waals surface area contributed by atoms with E-state index in [-0.39, 0.29) is 5.41 Å². The lowest BCUT2D eigenvalue weighted by molar-refractivity contribution is 0.554. The number of hydrogen-bond donors (Lipinski definition) is 1. The molecule has 21 heavy (non-hydrogen) atoms.